The largest absolute Gasteiger partial charge is 0.358 e. The Morgan fingerprint density at radius 2 is 1.67 bits per heavy atom. The third kappa shape index (κ3) is 3.47. The lowest BCUT2D eigenvalue weighted by Gasteiger charge is -2.19. The molecule has 1 N–H and O–H groups in total. The van der Waals surface area contributed by atoms with Gasteiger partial charge in [-0.3, -0.25) is 4.98 Å². The second-order valence-corrected chi connectivity index (χ2v) is 5.52. The highest BCUT2D eigenvalue weighted by molar-refractivity contribution is 9.10. The molecule has 0 amide bonds. The summed E-state index contributed by atoms with van der Waals surface area (Å²) in [6.45, 7) is 0. The minimum Gasteiger partial charge on any atom is -0.358 e. The number of nitrogens with one attached hydrogen (secondary N) is 1. The molecule has 1 unspecified atom stereocenters. The van der Waals surface area contributed by atoms with Crippen LogP contribution in [0.4, 0.5) is 5.82 Å². The van der Waals surface area contributed by atoms with Crippen LogP contribution in [0.25, 0.3) is 0 Å². The van der Waals surface area contributed by atoms with Crippen molar-refractivity contribution in [1.82, 2.24) is 9.97 Å². The highest BCUT2D eigenvalue weighted by Gasteiger charge is 2.15. The minimum absolute atomic E-state index is 0.0268. The van der Waals surface area contributed by atoms with Crippen LogP contribution in [0, 0.1) is 0 Å². The molecule has 2 aromatic heterocycles. The zero-order chi connectivity index (χ0) is 14.5. The molecule has 104 valence electrons. The first-order valence-corrected chi connectivity index (χ1v) is 7.46. The van der Waals surface area contributed by atoms with Gasteiger partial charge < -0.3 is 5.32 Å². The first-order chi connectivity index (χ1) is 10.3. The monoisotopic (exact) mass is 339 g/mol. The zero-order valence-electron chi connectivity index (χ0n) is 11.3. The lowest BCUT2D eigenvalue weighted by molar-refractivity contribution is 0.878. The number of hydrogen-bond acceptors (Lipinski definition) is 3. The number of pyridine rings is 2. The summed E-state index contributed by atoms with van der Waals surface area (Å²) in [7, 11) is 0. The summed E-state index contributed by atoms with van der Waals surface area (Å²) in [4.78, 5) is 8.85. The fourth-order valence-corrected chi connectivity index (χ4v) is 2.36. The second-order valence-electron chi connectivity index (χ2n) is 4.60. The van der Waals surface area contributed by atoms with E-state index < -0.39 is 0 Å². The first kappa shape index (κ1) is 13.8. The van der Waals surface area contributed by atoms with E-state index in [1.165, 1.54) is 0 Å². The molecule has 0 radical (unpaired) electrons. The van der Waals surface area contributed by atoms with E-state index in [1.54, 1.807) is 6.20 Å². The van der Waals surface area contributed by atoms with E-state index in [2.05, 4.69) is 43.3 Å². The number of hydrogen-bond donors (Lipinski definition) is 1. The van der Waals surface area contributed by atoms with Gasteiger partial charge in [-0.1, -0.05) is 36.4 Å². The molecule has 0 saturated carbocycles. The predicted octanol–water partition coefficient (Wildman–Crippen LogP) is 4.44. The minimum atomic E-state index is -0.0268. The number of nitrogens with zero attached hydrogens (tertiary/aromatic N) is 2. The Bertz CT molecular complexity index is 645. The van der Waals surface area contributed by atoms with Crippen molar-refractivity contribution in [3.63, 3.8) is 0 Å². The third-order valence-corrected chi connectivity index (χ3v) is 3.61. The van der Waals surface area contributed by atoms with Crippen molar-refractivity contribution in [1.29, 1.82) is 0 Å². The van der Waals surface area contributed by atoms with Crippen LogP contribution < -0.4 is 5.32 Å². The SMILES string of the molecule is Brc1ccc(NC(c2ccccc2)c2ccccn2)nc1. The van der Waals surface area contributed by atoms with Crippen molar-refractivity contribution in [2.45, 2.75) is 6.04 Å². The van der Waals surface area contributed by atoms with Crippen LogP contribution in [0.1, 0.15) is 17.3 Å². The fraction of sp³-hybridized carbons (Fsp3) is 0.0588. The van der Waals surface area contributed by atoms with Crippen molar-refractivity contribution >= 4 is 21.7 Å². The summed E-state index contributed by atoms with van der Waals surface area (Å²) < 4.78 is 0.960. The van der Waals surface area contributed by atoms with Crippen LogP contribution in [0.15, 0.2) is 77.5 Å². The molecule has 3 nitrogen and oxygen atoms in total. The standard InChI is InChI=1S/C17H14BrN3/c18-14-9-10-16(20-12-14)21-17(13-6-2-1-3-7-13)15-8-4-5-11-19-15/h1-12,17H,(H,20,21). The molecule has 0 bridgehead atoms. The predicted molar refractivity (Wildman–Crippen MR) is 88.1 cm³/mol. The van der Waals surface area contributed by atoms with Gasteiger partial charge in [-0.05, 0) is 45.8 Å². The highest BCUT2D eigenvalue weighted by Crippen LogP contribution is 2.24. The Labute approximate surface area is 132 Å². The quantitative estimate of drug-likeness (QED) is 0.763. The van der Waals surface area contributed by atoms with Gasteiger partial charge in [-0.2, -0.15) is 0 Å². The molecular weight excluding hydrogens is 326 g/mol. The van der Waals surface area contributed by atoms with Gasteiger partial charge in [0, 0.05) is 16.9 Å². The van der Waals surface area contributed by atoms with Crippen molar-refractivity contribution in [3.05, 3.63) is 88.8 Å². The van der Waals surface area contributed by atoms with Crippen LogP contribution in [0.2, 0.25) is 0 Å². The molecule has 0 fully saturated rings. The molecule has 0 saturated heterocycles. The molecule has 3 aromatic rings. The molecule has 2 heterocycles. The number of benzene rings is 1. The van der Waals surface area contributed by atoms with E-state index >= 15 is 0 Å². The molecule has 0 aliphatic heterocycles. The summed E-state index contributed by atoms with van der Waals surface area (Å²) in [5, 5.41) is 3.44. The van der Waals surface area contributed by atoms with Gasteiger partial charge in [0.1, 0.15) is 5.82 Å². The molecule has 1 atom stereocenters. The molecule has 1 aromatic carbocycles. The summed E-state index contributed by atoms with van der Waals surface area (Å²) in [5.74, 6) is 0.817. The Balaban J connectivity index is 1.95. The van der Waals surface area contributed by atoms with Gasteiger partial charge in [0.25, 0.3) is 0 Å². The lowest BCUT2D eigenvalue weighted by Crippen LogP contribution is -2.14. The number of aromatic nitrogens is 2. The van der Waals surface area contributed by atoms with E-state index in [9.17, 15) is 0 Å². The van der Waals surface area contributed by atoms with Crippen molar-refractivity contribution in [3.8, 4) is 0 Å². The maximum atomic E-state index is 4.47. The second kappa shape index (κ2) is 6.50. The van der Waals surface area contributed by atoms with E-state index in [0.29, 0.717) is 0 Å². The number of halogens is 1. The fourth-order valence-electron chi connectivity index (χ4n) is 2.13. The number of rotatable bonds is 4. The lowest BCUT2D eigenvalue weighted by atomic mass is 10.0. The van der Waals surface area contributed by atoms with Gasteiger partial charge >= 0.3 is 0 Å². The molecule has 0 aliphatic rings. The van der Waals surface area contributed by atoms with E-state index in [4.69, 9.17) is 0 Å². The maximum absolute atomic E-state index is 4.47. The maximum Gasteiger partial charge on any atom is 0.126 e. The van der Waals surface area contributed by atoms with Gasteiger partial charge in [0.15, 0.2) is 0 Å². The van der Waals surface area contributed by atoms with Gasteiger partial charge in [0.2, 0.25) is 0 Å². The topological polar surface area (TPSA) is 37.8 Å². The Kier molecular flexibility index (Phi) is 4.26. The molecule has 3 rings (SSSR count). The summed E-state index contributed by atoms with van der Waals surface area (Å²) in [5.41, 5.74) is 2.12. The van der Waals surface area contributed by atoms with Crippen molar-refractivity contribution in [2.24, 2.45) is 0 Å². The van der Waals surface area contributed by atoms with Crippen molar-refractivity contribution in [2.75, 3.05) is 5.32 Å². The van der Waals surface area contributed by atoms with E-state index in [0.717, 1.165) is 21.5 Å². The number of anilines is 1. The summed E-state index contributed by atoms with van der Waals surface area (Å²) >= 11 is 3.40. The Morgan fingerprint density at radius 1 is 0.857 bits per heavy atom. The molecule has 4 heteroatoms. The van der Waals surface area contributed by atoms with Crippen LogP contribution in [0.3, 0.4) is 0 Å². The molecule has 0 spiro atoms. The first-order valence-electron chi connectivity index (χ1n) is 6.67. The zero-order valence-corrected chi connectivity index (χ0v) is 12.9. The Hall–Kier alpha value is -2.20. The van der Waals surface area contributed by atoms with E-state index in [1.807, 2.05) is 54.7 Å². The van der Waals surface area contributed by atoms with Crippen LogP contribution in [-0.4, -0.2) is 9.97 Å². The normalized spacial score (nSPS) is 11.9. The van der Waals surface area contributed by atoms with Crippen LogP contribution in [-0.2, 0) is 0 Å². The average molecular weight is 340 g/mol. The summed E-state index contributed by atoms with van der Waals surface area (Å²) in [6, 6.07) is 20.1. The van der Waals surface area contributed by atoms with Gasteiger partial charge in [-0.25, -0.2) is 4.98 Å². The van der Waals surface area contributed by atoms with Crippen LogP contribution >= 0.6 is 15.9 Å². The highest BCUT2D eigenvalue weighted by atomic mass is 79.9. The van der Waals surface area contributed by atoms with Crippen molar-refractivity contribution < 1.29 is 0 Å². The molecule has 0 aliphatic carbocycles. The van der Waals surface area contributed by atoms with Gasteiger partial charge in [-0.15, -0.1) is 0 Å². The van der Waals surface area contributed by atoms with Gasteiger partial charge in [0.05, 0.1) is 11.7 Å². The smallest absolute Gasteiger partial charge is 0.126 e. The Morgan fingerprint density at radius 3 is 2.33 bits per heavy atom. The average Bonchev–Trinajstić information content (AvgIpc) is 2.56. The third-order valence-electron chi connectivity index (χ3n) is 3.14. The summed E-state index contributed by atoms with van der Waals surface area (Å²) in [6.07, 6.45) is 3.59. The van der Waals surface area contributed by atoms with Crippen LogP contribution in [0.5, 0.6) is 0 Å². The van der Waals surface area contributed by atoms with E-state index in [-0.39, 0.29) is 6.04 Å². The molecular formula is C17H14BrN3. The molecule has 21 heavy (non-hydrogen) atoms.